The fourth-order valence-corrected chi connectivity index (χ4v) is 2.77. The SMILES string of the molecule is Cc1cccc(C)c1NC(=O)CS(=O)CCCC(=O)O. The van der Waals surface area contributed by atoms with Crippen LogP contribution in [-0.4, -0.2) is 32.7 Å². The summed E-state index contributed by atoms with van der Waals surface area (Å²) in [5, 5.41) is 11.2. The van der Waals surface area contributed by atoms with Crippen molar-refractivity contribution < 1.29 is 18.9 Å². The van der Waals surface area contributed by atoms with Gasteiger partial charge in [-0.15, -0.1) is 0 Å². The highest BCUT2D eigenvalue weighted by molar-refractivity contribution is 7.85. The third-order valence-electron chi connectivity index (χ3n) is 2.80. The second-order valence-electron chi connectivity index (χ2n) is 4.60. The maximum Gasteiger partial charge on any atom is 0.303 e. The predicted molar refractivity (Wildman–Crippen MR) is 79.3 cm³/mol. The highest BCUT2D eigenvalue weighted by Crippen LogP contribution is 2.19. The van der Waals surface area contributed by atoms with Crippen LogP contribution in [0, 0.1) is 13.8 Å². The zero-order chi connectivity index (χ0) is 15.1. The number of benzene rings is 1. The summed E-state index contributed by atoms with van der Waals surface area (Å²) in [4.78, 5) is 22.1. The third kappa shape index (κ3) is 5.52. The molecular formula is C14H19NO4S. The first kappa shape index (κ1) is 16.4. The Hall–Kier alpha value is -1.69. The lowest BCUT2D eigenvalue weighted by atomic mass is 10.1. The van der Waals surface area contributed by atoms with Crippen LogP contribution in [0.1, 0.15) is 24.0 Å². The van der Waals surface area contributed by atoms with E-state index in [1.165, 1.54) is 0 Å². The van der Waals surface area contributed by atoms with Gasteiger partial charge in [0.05, 0.1) is 0 Å². The number of nitrogens with one attached hydrogen (secondary N) is 1. The Morgan fingerprint density at radius 1 is 1.25 bits per heavy atom. The molecule has 0 aliphatic carbocycles. The molecule has 5 nitrogen and oxygen atoms in total. The fraction of sp³-hybridized carbons (Fsp3) is 0.429. The van der Waals surface area contributed by atoms with E-state index in [4.69, 9.17) is 5.11 Å². The number of amides is 1. The molecule has 20 heavy (non-hydrogen) atoms. The number of carboxylic acids is 1. The Balaban J connectivity index is 2.47. The quantitative estimate of drug-likeness (QED) is 0.804. The summed E-state index contributed by atoms with van der Waals surface area (Å²) in [5.74, 6) is -1.10. The predicted octanol–water partition coefficient (Wildman–Crippen LogP) is 1.86. The van der Waals surface area contributed by atoms with E-state index in [9.17, 15) is 13.8 Å². The lowest BCUT2D eigenvalue weighted by Crippen LogP contribution is -2.22. The number of carboxylic acid groups (broad SMARTS) is 1. The smallest absolute Gasteiger partial charge is 0.303 e. The molecule has 0 saturated carbocycles. The van der Waals surface area contributed by atoms with Crippen molar-refractivity contribution in [1.29, 1.82) is 0 Å². The number of hydrogen-bond donors (Lipinski definition) is 2. The maximum absolute atomic E-state index is 11.8. The largest absolute Gasteiger partial charge is 0.481 e. The fourth-order valence-electron chi connectivity index (χ4n) is 1.79. The average Bonchev–Trinajstić information content (AvgIpc) is 2.33. The van der Waals surface area contributed by atoms with Gasteiger partial charge in [0.1, 0.15) is 5.75 Å². The van der Waals surface area contributed by atoms with Crippen LogP contribution in [0.2, 0.25) is 0 Å². The van der Waals surface area contributed by atoms with Crippen LogP contribution in [0.25, 0.3) is 0 Å². The molecule has 6 heteroatoms. The standard InChI is InChI=1S/C14H19NO4S/c1-10-5-3-6-11(2)14(10)15-12(16)9-20(19)8-4-7-13(17)18/h3,5-6H,4,7-9H2,1-2H3,(H,15,16)(H,17,18). The van der Waals surface area contributed by atoms with E-state index in [-0.39, 0.29) is 23.8 Å². The molecule has 1 unspecified atom stereocenters. The summed E-state index contributed by atoms with van der Waals surface area (Å²) in [5.41, 5.74) is 2.66. The summed E-state index contributed by atoms with van der Waals surface area (Å²) in [6.07, 6.45) is 0.295. The number of aliphatic carboxylic acids is 1. The molecule has 0 heterocycles. The Bertz CT molecular complexity index is 508. The highest BCUT2D eigenvalue weighted by atomic mass is 32.2. The Morgan fingerprint density at radius 2 is 1.85 bits per heavy atom. The summed E-state index contributed by atoms with van der Waals surface area (Å²) in [7, 11) is -1.33. The number of rotatable bonds is 7. The van der Waals surface area contributed by atoms with Crippen LogP contribution in [-0.2, 0) is 20.4 Å². The Labute approximate surface area is 120 Å². The van der Waals surface area contributed by atoms with Gasteiger partial charge in [0, 0.05) is 28.7 Å². The van der Waals surface area contributed by atoms with Crippen molar-refractivity contribution in [3.05, 3.63) is 29.3 Å². The summed E-state index contributed by atoms with van der Waals surface area (Å²) in [6.45, 7) is 3.79. The number of aryl methyl sites for hydroxylation is 2. The van der Waals surface area contributed by atoms with Crippen molar-refractivity contribution in [2.45, 2.75) is 26.7 Å². The Kier molecular flexibility index (Phi) is 6.38. The highest BCUT2D eigenvalue weighted by Gasteiger charge is 2.11. The number of carbonyl (C=O) groups excluding carboxylic acids is 1. The van der Waals surface area contributed by atoms with E-state index >= 15 is 0 Å². The first-order valence-corrected chi connectivity index (χ1v) is 7.82. The van der Waals surface area contributed by atoms with Crippen molar-refractivity contribution in [3.8, 4) is 0 Å². The normalized spacial score (nSPS) is 11.9. The van der Waals surface area contributed by atoms with E-state index in [0.29, 0.717) is 6.42 Å². The number of anilines is 1. The van der Waals surface area contributed by atoms with E-state index in [1.54, 1.807) is 0 Å². The minimum atomic E-state index is -1.33. The molecule has 0 saturated heterocycles. The third-order valence-corrected chi connectivity index (χ3v) is 4.13. The van der Waals surface area contributed by atoms with Gasteiger partial charge in [0.15, 0.2) is 0 Å². The molecular weight excluding hydrogens is 278 g/mol. The minimum Gasteiger partial charge on any atom is -0.481 e. The van der Waals surface area contributed by atoms with Crippen LogP contribution in [0.5, 0.6) is 0 Å². The monoisotopic (exact) mass is 297 g/mol. The second kappa shape index (κ2) is 7.79. The van der Waals surface area contributed by atoms with Crippen molar-refractivity contribution >= 4 is 28.4 Å². The van der Waals surface area contributed by atoms with Crippen molar-refractivity contribution in [2.75, 3.05) is 16.8 Å². The van der Waals surface area contributed by atoms with E-state index in [1.807, 2.05) is 32.0 Å². The molecule has 1 aromatic rings. The summed E-state index contributed by atoms with van der Waals surface area (Å²) < 4.78 is 11.7. The maximum atomic E-state index is 11.8. The first-order chi connectivity index (χ1) is 9.40. The average molecular weight is 297 g/mol. The number of para-hydroxylation sites is 1. The molecule has 1 aromatic carbocycles. The van der Waals surface area contributed by atoms with Crippen LogP contribution in [0.15, 0.2) is 18.2 Å². The molecule has 1 amide bonds. The van der Waals surface area contributed by atoms with Crippen LogP contribution in [0.3, 0.4) is 0 Å². The van der Waals surface area contributed by atoms with Gasteiger partial charge in [0.25, 0.3) is 0 Å². The zero-order valence-corrected chi connectivity index (χ0v) is 12.5. The van der Waals surface area contributed by atoms with Crippen LogP contribution in [0.4, 0.5) is 5.69 Å². The zero-order valence-electron chi connectivity index (χ0n) is 11.6. The lowest BCUT2D eigenvalue weighted by Gasteiger charge is -2.11. The lowest BCUT2D eigenvalue weighted by molar-refractivity contribution is -0.137. The molecule has 0 radical (unpaired) electrons. The topological polar surface area (TPSA) is 83.5 Å². The van der Waals surface area contributed by atoms with Crippen LogP contribution >= 0.6 is 0 Å². The van der Waals surface area contributed by atoms with Gasteiger partial charge in [-0.05, 0) is 31.4 Å². The minimum absolute atomic E-state index is 0.0236. The molecule has 0 fully saturated rings. The van der Waals surface area contributed by atoms with Crippen molar-refractivity contribution in [3.63, 3.8) is 0 Å². The number of carbonyl (C=O) groups is 2. The van der Waals surface area contributed by atoms with Crippen molar-refractivity contribution in [2.24, 2.45) is 0 Å². The van der Waals surface area contributed by atoms with E-state index < -0.39 is 16.8 Å². The van der Waals surface area contributed by atoms with E-state index in [2.05, 4.69) is 5.32 Å². The molecule has 0 spiro atoms. The molecule has 110 valence electrons. The van der Waals surface area contributed by atoms with Gasteiger partial charge in [-0.2, -0.15) is 0 Å². The molecule has 1 rings (SSSR count). The van der Waals surface area contributed by atoms with Gasteiger partial charge in [-0.25, -0.2) is 0 Å². The van der Waals surface area contributed by atoms with Gasteiger partial charge in [-0.3, -0.25) is 13.8 Å². The molecule has 0 aliphatic rings. The van der Waals surface area contributed by atoms with E-state index in [0.717, 1.165) is 16.8 Å². The molecule has 0 aromatic heterocycles. The molecule has 0 aliphatic heterocycles. The van der Waals surface area contributed by atoms with Gasteiger partial charge < -0.3 is 10.4 Å². The van der Waals surface area contributed by atoms with Crippen LogP contribution < -0.4 is 5.32 Å². The molecule has 0 bridgehead atoms. The number of hydrogen-bond acceptors (Lipinski definition) is 3. The molecule has 2 N–H and O–H groups in total. The van der Waals surface area contributed by atoms with Gasteiger partial charge in [0.2, 0.25) is 5.91 Å². The first-order valence-electron chi connectivity index (χ1n) is 6.33. The van der Waals surface area contributed by atoms with Gasteiger partial charge >= 0.3 is 5.97 Å². The van der Waals surface area contributed by atoms with Crippen molar-refractivity contribution in [1.82, 2.24) is 0 Å². The Morgan fingerprint density at radius 3 is 2.40 bits per heavy atom. The summed E-state index contributed by atoms with van der Waals surface area (Å²) in [6, 6.07) is 5.70. The molecule has 1 atom stereocenters. The van der Waals surface area contributed by atoms with Gasteiger partial charge in [-0.1, -0.05) is 18.2 Å². The summed E-state index contributed by atoms with van der Waals surface area (Å²) >= 11 is 0. The second-order valence-corrected chi connectivity index (χ2v) is 6.18.